The van der Waals surface area contributed by atoms with Crippen molar-refractivity contribution in [2.75, 3.05) is 0 Å². The van der Waals surface area contributed by atoms with Crippen LogP contribution in [0.15, 0.2) is 168 Å². The first-order valence-corrected chi connectivity index (χ1v) is 16.6. The second kappa shape index (κ2) is 10.7. The number of hydrogen-bond donors (Lipinski definition) is 0. The molecule has 226 valence electrons. The Morgan fingerprint density at radius 2 is 0.837 bits per heavy atom. The number of hydrogen-bond acceptors (Lipinski definition) is 1. The summed E-state index contributed by atoms with van der Waals surface area (Å²) in [6, 6.07) is 57.8. The van der Waals surface area contributed by atoms with Crippen LogP contribution in [0.3, 0.4) is 0 Å². The van der Waals surface area contributed by atoms with Crippen LogP contribution in [0.4, 0.5) is 5.69 Å². The lowest BCUT2D eigenvalue weighted by molar-refractivity contribution is 0.670. The zero-order valence-corrected chi connectivity index (χ0v) is 26.4. The third-order valence-corrected chi connectivity index (χ3v) is 10.1. The summed E-state index contributed by atoms with van der Waals surface area (Å²) in [5.41, 5.74) is 9.34. The topological polar surface area (TPSA) is 17.5 Å². The normalized spacial score (nSPS) is 11.7. The summed E-state index contributed by atoms with van der Waals surface area (Å²) in [6.07, 6.45) is 0. The fourth-order valence-corrected chi connectivity index (χ4v) is 8.02. The quantitative estimate of drug-likeness (QED) is 0.142. The number of nitrogens with zero attached hydrogens (tertiary/aromatic N) is 1. The molecule has 0 atom stereocenters. The maximum atomic E-state index is 8.01. The van der Waals surface area contributed by atoms with E-state index in [4.69, 9.17) is 11.0 Å². The van der Waals surface area contributed by atoms with Gasteiger partial charge in [0.05, 0.1) is 6.57 Å². The van der Waals surface area contributed by atoms with Crippen molar-refractivity contribution in [2.45, 2.75) is 0 Å². The number of rotatable bonds is 3. The van der Waals surface area contributed by atoms with Crippen LogP contribution < -0.4 is 0 Å². The van der Waals surface area contributed by atoms with Crippen molar-refractivity contribution in [3.63, 3.8) is 0 Å². The van der Waals surface area contributed by atoms with Gasteiger partial charge in [-0.05, 0) is 77.5 Å². The Hall–Kier alpha value is -6.69. The Morgan fingerprint density at radius 1 is 0.367 bits per heavy atom. The highest BCUT2D eigenvalue weighted by Crippen LogP contribution is 2.48. The highest BCUT2D eigenvalue weighted by Gasteiger charge is 2.21. The molecule has 0 bridgehead atoms. The molecule has 49 heavy (non-hydrogen) atoms. The Labute approximate surface area is 282 Å². The molecule has 0 aliphatic carbocycles. The first-order chi connectivity index (χ1) is 24.3. The zero-order valence-electron chi connectivity index (χ0n) is 26.4. The van der Waals surface area contributed by atoms with Gasteiger partial charge in [0.25, 0.3) is 0 Å². The molecule has 1 aromatic heterocycles. The van der Waals surface area contributed by atoms with Gasteiger partial charge in [0.15, 0.2) is 0 Å². The second-order valence-corrected chi connectivity index (χ2v) is 12.6. The van der Waals surface area contributed by atoms with E-state index in [9.17, 15) is 0 Å². The van der Waals surface area contributed by atoms with E-state index in [1.165, 1.54) is 38.2 Å². The molecule has 9 aromatic carbocycles. The van der Waals surface area contributed by atoms with E-state index in [2.05, 4.69) is 157 Å². The van der Waals surface area contributed by atoms with E-state index < -0.39 is 0 Å². The molecule has 0 unspecified atom stereocenters. The van der Waals surface area contributed by atoms with Crippen LogP contribution in [-0.2, 0) is 0 Å². The number of furan rings is 1. The highest BCUT2D eigenvalue weighted by atomic mass is 16.3. The molecule has 0 amide bonds. The van der Waals surface area contributed by atoms with Gasteiger partial charge in [-0.1, -0.05) is 152 Å². The van der Waals surface area contributed by atoms with Crippen LogP contribution in [-0.4, -0.2) is 0 Å². The van der Waals surface area contributed by atoms with Gasteiger partial charge in [0, 0.05) is 21.9 Å². The maximum Gasteiger partial charge on any atom is 0.202 e. The van der Waals surface area contributed by atoms with E-state index in [1.54, 1.807) is 0 Å². The first-order valence-electron chi connectivity index (χ1n) is 16.6. The minimum Gasteiger partial charge on any atom is -0.455 e. The van der Waals surface area contributed by atoms with Gasteiger partial charge in [-0.15, -0.1) is 0 Å². The van der Waals surface area contributed by atoms with E-state index in [0.29, 0.717) is 5.69 Å². The van der Waals surface area contributed by atoms with Crippen molar-refractivity contribution < 1.29 is 4.42 Å². The summed E-state index contributed by atoms with van der Waals surface area (Å²) in [5, 5.41) is 11.1. The number of benzene rings is 9. The Morgan fingerprint density at radius 3 is 1.41 bits per heavy atom. The Kier molecular flexibility index (Phi) is 5.97. The molecule has 1 heterocycles. The molecule has 2 heteroatoms. The fourth-order valence-electron chi connectivity index (χ4n) is 8.02. The predicted molar refractivity (Wildman–Crippen MR) is 206 cm³/mol. The SMILES string of the molecule is [C-]#[N+]c1c2ccccc2c(-c2ccc3c(c2)oc2c(-c4c5ccccc5c(-c5ccccc5)c5ccccc45)cccc23)c2ccccc12. The summed E-state index contributed by atoms with van der Waals surface area (Å²) >= 11 is 0. The minimum atomic E-state index is 0.696. The van der Waals surface area contributed by atoms with E-state index in [1.807, 2.05) is 12.1 Å². The summed E-state index contributed by atoms with van der Waals surface area (Å²) in [5.74, 6) is 0. The van der Waals surface area contributed by atoms with Crippen LogP contribution in [0, 0.1) is 6.57 Å². The molecular weight excluding hydrogens is 595 g/mol. The Balaban J connectivity index is 1.26. The summed E-state index contributed by atoms with van der Waals surface area (Å²) in [6.45, 7) is 8.01. The molecule has 0 spiro atoms. The lowest BCUT2D eigenvalue weighted by Gasteiger charge is -2.17. The highest BCUT2D eigenvalue weighted by molar-refractivity contribution is 6.25. The molecule has 0 N–H and O–H groups in total. The number of fused-ring (bicyclic) bond motifs is 7. The summed E-state index contributed by atoms with van der Waals surface area (Å²) in [7, 11) is 0. The van der Waals surface area contributed by atoms with Crippen molar-refractivity contribution in [3.05, 3.63) is 175 Å². The summed E-state index contributed by atoms with van der Waals surface area (Å²) in [4.78, 5) is 3.98. The molecule has 0 fully saturated rings. The fraction of sp³-hybridized carbons (Fsp3) is 0. The molecular formula is C47H27NO. The van der Waals surface area contributed by atoms with Crippen LogP contribution in [0.5, 0.6) is 0 Å². The van der Waals surface area contributed by atoms with Gasteiger partial charge < -0.3 is 4.42 Å². The van der Waals surface area contributed by atoms with Crippen LogP contribution >= 0.6 is 0 Å². The molecule has 0 aliphatic heterocycles. The lowest BCUT2D eigenvalue weighted by Crippen LogP contribution is -1.90. The van der Waals surface area contributed by atoms with Gasteiger partial charge >= 0.3 is 0 Å². The van der Waals surface area contributed by atoms with Crippen molar-refractivity contribution in [2.24, 2.45) is 0 Å². The van der Waals surface area contributed by atoms with Gasteiger partial charge in [0.2, 0.25) is 5.69 Å². The van der Waals surface area contributed by atoms with Gasteiger partial charge in [-0.2, -0.15) is 0 Å². The number of para-hydroxylation sites is 1. The molecule has 0 saturated carbocycles. The zero-order chi connectivity index (χ0) is 32.5. The summed E-state index contributed by atoms with van der Waals surface area (Å²) < 4.78 is 6.93. The molecule has 10 aromatic rings. The van der Waals surface area contributed by atoms with Gasteiger partial charge in [0.1, 0.15) is 11.2 Å². The van der Waals surface area contributed by atoms with Crippen molar-refractivity contribution in [1.82, 2.24) is 0 Å². The third-order valence-electron chi connectivity index (χ3n) is 10.1. The van der Waals surface area contributed by atoms with Crippen LogP contribution in [0.2, 0.25) is 0 Å². The second-order valence-electron chi connectivity index (χ2n) is 12.6. The molecule has 0 aliphatic rings. The van der Waals surface area contributed by atoms with Crippen molar-refractivity contribution in [1.29, 1.82) is 0 Å². The maximum absolute atomic E-state index is 8.01. The minimum absolute atomic E-state index is 0.696. The van der Waals surface area contributed by atoms with Gasteiger partial charge in [-0.3, -0.25) is 0 Å². The van der Waals surface area contributed by atoms with Crippen molar-refractivity contribution >= 4 is 70.7 Å². The average molecular weight is 622 g/mol. The molecule has 0 saturated heterocycles. The third kappa shape index (κ3) is 4.00. The van der Waals surface area contributed by atoms with E-state index in [0.717, 1.165) is 60.2 Å². The monoisotopic (exact) mass is 621 g/mol. The lowest BCUT2D eigenvalue weighted by atomic mass is 9.85. The van der Waals surface area contributed by atoms with Gasteiger partial charge in [-0.25, -0.2) is 4.85 Å². The first kappa shape index (κ1) is 27.4. The molecule has 10 rings (SSSR count). The molecule has 2 nitrogen and oxygen atoms in total. The average Bonchev–Trinajstić information content (AvgIpc) is 3.54. The standard InChI is InChI=1S/C47H27NO/c1-48-46-38-22-11-9-20-36(38)44(37-21-10-12-23-39(37)46)30-26-27-31-40-24-13-25-41(47(40)49-42(31)28-30)45-34-18-7-5-16-32(34)43(29-14-3-2-4-15-29)33-17-6-8-19-35(33)45/h2-28H. The Bertz CT molecular complexity index is 2880. The van der Waals surface area contributed by atoms with Crippen molar-refractivity contribution in [3.8, 4) is 33.4 Å². The molecule has 0 radical (unpaired) electrons. The smallest absolute Gasteiger partial charge is 0.202 e. The van der Waals surface area contributed by atoms with E-state index in [-0.39, 0.29) is 0 Å². The van der Waals surface area contributed by atoms with Crippen LogP contribution in [0.25, 0.3) is 103 Å². The van der Waals surface area contributed by atoms with Crippen LogP contribution in [0.1, 0.15) is 0 Å². The predicted octanol–water partition coefficient (Wildman–Crippen LogP) is 13.8. The largest absolute Gasteiger partial charge is 0.455 e. The van der Waals surface area contributed by atoms with E-state index >= 15 is 0 Å².